The van der Waals surface area contributed by atoms with Crippen LogP contribution in [-0.2, 0) is 16.1 Å². The second kappa shape index (κ2) is 5.62. The minimum atomic E-state index is -0.872. The van der Waals surface area contributed by atoms with Crippen molar-refractivity contribution in [2.24, 2.45) is 0 Å². The number of rotatable bonds is 5. The number of thiophene rings is 1. The maximum atomic E-state index is 10.8. The van der Waals surface area contributed by atoms with Gasteiger partial charge >= 0.3 is 5.97 Å². The number of hydrogen-bond acceptors (Lipinski definition) is 4. The smallest absolute Gasteiger partial charge is 0.345 e. The van der Waals surface area contributed by atoms with Crippen LogP contribution in [0.1, 0.15) is 33.0 Å². The summed E-state index contributed by atoms with van der Waals surface area (Å²) in [7, 11) is 0. The summed E-state index contributed by atoms with van der Waals surface area (Å²) < 4.78 is 11.0. The molecule has 1 aliphatic rings. The number of carboxylic acid groups (broad SMARTS) is 1. The molecule has 1 unspecified atom stereocenters. The van der Waals surface area contributed by atoms with E-state index in [0.29, 0.717) is 18.1 Å². The molecule has 2 heterocycles. The molecule has 2 rings (SSSR count). The monoisotopic (exact) mass is 256 g/mol. The first kappa shape index (κ1) is 12.5. The van der Waals surface area contributed by atoms with Gasteiger partial charge in [0.25, 0.3) is 0 Å². The molecule has 94 valence electrons. The van der Waals surface area contributed by atoms with Gasteiger partial charge in [0.1, 0.15) is 4.88 Å². The van der Waals surface area contributed by atoms with E-state index in [2.05, 4.69) is 0 Å². The lowest BCUT2D eigenvalue weighted by Gasteiger charge is -2.09. The molecule has 0 bridgehead atoms. The fraction of sp³-hybridized carbons (Fsp3) is 0.583. The Bertz CT molecular complexity index is 393. The molecule has 0 aromatic carbocycles. The summed E-state index contributed by atoms with van der Waals surface area (Å²) in [5.74, 6) is -0.872. The summed E-state index contributed by atoms with van der Waals surface area (Å²) in [5, 5.41) is 8.87. The van der Waals surface area contributed by atoms with Crippen molar-refractivity contribution in [1.29, 1.82) is 0 Å². The number of carbonyl (C=O) groups is 1. The fourth-order valence-corrected chi connectivity index (χ4v) is 2.71. The van der Waals surface area contributed by atoms with Crippen molar-refractivity contribution < 1.29 is 19.4 Å². The number of aryl methyl sites for hydroxylation is 1. The predicted octanol–water partition coefficient (Wildman–Crippen LogP) is 2.45. The highest BCUT2D eigenvalue weighted by Gasteiger charge is 2.16. The first-order valence-electron chi connectivity index (χ1n) is 5.69. The lowest BCUT2D eigenvalue weighted by molar-refractivity contribution is 0.0105. The van der Waals surface area contributed by atoms with Gasteiger partial charge in [0.15, 0.2) is 0 Å². The third-order valence-electron chi connectivity index (χ3n) is 2.82. The number of aromatic carboxylic acids is 1. The Hall–Kier alpha value is -0.910. The molecule has 5 heteroatoms. The van der Waals surface area contributed by atoms with Crippen molar-refractivity contribution in [3.05, 3.63) is 21.4 Å². The molecule has 4 nitrogen and oxygen atoms in total. The molecule has 0 saturated carbocycles. The van der Waals surface area contributed by atoms with E-state index in [1.54, 1.807) is 6.07 Å². The van der Waals surface area contributed by atoms with Crippen molar-refractivity contribution in [2.45, 2.75) is 32.5 Å². The number of hydrogen-bond donors (Lipinski definition) is 1. The molecular formula is C12H16O4S. The molecule has 0 spiro atoms. The molecular weight excluding hydrogens is 240 g/mol. The van der Waals surface area contributed by atoms with E-state index in [1.165, 1.54) is 11.3 Å². The van der Waals surface area contributed by atoms with Crippen molar-refractivity contribution in [2.75, 3.05) is 13.2 Å². The van der Waals surface area contributed by atoms with E-state index in [1.807, 2.05) is 6.92 Å². The van der Waals surface area contributed by atoms with Gasteiger partial charge in [0, 0.05) is 11.5 Å². The summed E-state index contributed by atoms with van der Waals surface area (Å²) in [4.78, 5) is 12.2. The van der Waals surface area contributed by atoms with Crippen LogP contribution in [0.3, 0.4) is 0 Å². The van der Waals surface area contributed by atoms with Gasteiger partial charge in [-0.2, -0.15) is 0 Å². The fourth-order valence-electron chi connectivity index (χ4n) is 1.84. The number of ether oxygens (including phenoxy) is 2. The highest BCUT2D eigenvalue weighted by atomic mass is 32.1. The van der Waals surface area contributed by atoms with E-state index in [0.717, 1.165) is 29.9 Å². The van der Waals surface area contributed by atoms with E-state index in [4.69, 9.17) is 14.6 Å². The minimum absolute atomic E-state index is 0.216. The summed E-state index contributed by atoms with van der Waals surface area (Å²) in [6.07, 6.45) is 2.38. The first-order chi connectivity index (χ1) is 8.16. The lowest BCUT2D eigenvalue weighted by atomic mass is 10.2. The second-order valence-electron chi connectivity index (χ2n) is 4.15. The van der Waals surface area contributed by atoms with Gasteiger partial charge in [-0.25, -0.2) is 4.79 Å². The zero-order chi connectivity index (χ0) is 12.3. The van der Waals surface area contributed by atoms with Crippen LogP contribution in [0, 0.1) is 6.92 Å². The van der Waals surface area contributed by atoms with Gasteiger partial charge in [0.2, 0.25) is 0 Å². The molecule has 0 radical (unpaired) electrons. The Balaban J connectivity index is 1.83. The molecule has 1 fully saturated rings. The van der Waals surface area contributed by atoms with Gasteiger partial charge in [-0.3, -0.25) is 0 Å². The average molecular weight is 256 g/mol. The highest BCUT2D eigenvalue weighted by molar-refractivity contribution is 7.14. The molecule has 1 aromatic heterocycles. The number of carboxylic acids is 1. The van der Waals surface area contributed by atoms with E-state index in [9.17, 15) is 4.79 Å². The first-order valence-corrected chi connectivity index (χ1v) is 6.50. The maximum Gasteiger partial charge on any atom is 0.345 e. The highest BCUT2D eigenvalue weighted by Crippen LogP contribution is 2.22. The van der Waals surface area contributed by atoms with Crippen LogP contribution < -0.4 is 0 Å². The Labute approximate surface area is 104 Å². The van der Waals surface area contributed by atoms with E-state index in [-0.39, 0.29) is 6.10 Å². The topological polar surface area (TPSA) is 55.8 Å². The molecule has 1 N–H and O–H groups in total. The standard InChI is InChI=1S/C12H16O4S/c1-8-9(5-11(17-8)12(13)14)6-15-7-10-3-2-4-16-10/h5,10H,2-4,6-7H2,1H3,(H,13,14). The molecule has 0 aliphatic carbocycles. The zero-order valence-electron chi connectivity index (χ0n) is 9.77. The Morgan fingerprint density at radius 2 is 2.53 bits per heavy atom. The van der Waals surface area contributed by atoms with Gasteiger partial charge in [-0.15, -0.1) is 11.3 Å². The normalized spacial score (nSPS) is 19.7. The Morgan fingerprint density at radius 1 is 1.71 bits per heavy atom. The minimum Gasteiger partial charge on any atom is -0.477 e. The van der Waals surface area contributed by atoms with Crippen LogP contribution >= 0.6 is 11.3 Å². The van der Waals surface area contributed by atoms with Crippen molar-refractivity contribution in [3.8, 4) is 0 Å². The van der Waals surface area contributed by atoms with Crippen molar-refractivity contribution >= 4 is 17.3 Å². The maximum absolute atomic E-state index is 10.8. The van der Waals surface area contributed by atoms with Gasteiger partial charge < -0.3 is 14.6 Å². The van der Waals surface area contributed by atoms with Crippen LogP contribution in [0.4, 0.5) is 0 Å². The van der Waals surface area contributed by atoms with Crippen LogP contribution in [0.5, 0.6) is 0 Å². The summed E-state index contributed by atoms with van der Waals surface area (Å²) in [5.41, 5.74) is 0.963. The van der Waals surface area contributed by atoms with E-state index < -0.39 is 5.97 Å². The van der Waals surface area contributed by atoms with Crippen LogP contribution in [0.15, 0.2) is 6.07 Å². The molecule has 1 saturated heterocycles. The van der Waals surface area contributed by atoms with Crippen molar-refractivity contribution in [1.82, 2.24) is 0 Å². The van der Waals surface area contributed by atoms with Gasteiger partial charge in [-0.1, -0.05) is 0 Å². The average Bonchev–Trinajstić information content (AvgIpc) is 2.89. The third-order valence-corrected chi connectivity index (χ3v) is 3.90. The second-order valence-corrected chi connectivity index (χ2v) is 5.40. The zero-order valence-corrected chi connectivity index (χ0v) is 10.6. The largest absolute Gasteiger partial charge is 0.477 e. The van der Waals surface area contributed by atoms with Gasteiger partial charge in [0.05, 0.1) is 19.3 Å². The SMILES string of the molecule is Cc1sc(C(=O)O)cc1COCC1CCCO1. The Kier molecular flexibility index (Phi) is 4.15. The molecule has 1 atom stereocenters. The van der Waals surface area contributed by atoms with Crippen LogP contribution in [0.2, 0.25) is 0 Å². The Morgan fingerprint density at radius 3 is 3.12 bits per heavy atom. The van der Waals surface area contributed by atoms with Crippen LogP contribution in [-0.4, -0.2) is 30.4 Å². The summed E-state index contributed by atoms with van der Waals surface area (Å²) in [6, 6.07) is 1.69. The van der Waals surface area contributed by atoms with Gasteiger partial charge in [-0.05, 0) is 31.4 Å². The molecule has 17 heavy (non-hydrogen) atoms. The summed E-state index contributed by atoms with van der Waals surface area (Å²) >= 11 is 1.29. The van der Waals surface area contributed by atoms with E-state index >= 15 is 0 Å². The summed E-state index contributed by atoms with van der Waals surface area (Å²) in [6.45, 7) is 3.81. The van der Waals surface area contributed by atoms with Crippen LogP contribution in [0.25, 0.3) is 0 Å². The molecule has 0 amide bonds. The quantitative estimate of drug-likeness (QED) is 0.879. The molecule has 1 aliphatic heterocycles. The molecule has 1 aromatic rings. The lowest BCUT2D eigenvalue weighted by Crippen LogP contribution is -2.13. The predicted molar refractivity (Wildman–Crippen MR) is 64.6 cm³/mol. The van der Waals surface area contributed by atoms with Crippen molar-refractivity contribution in [3.63, 3.8) is 0 Å². The third kappa shape index (κ3) is 3.28.